The Bertz CT molecular complexity index is 880. The molecular weight excluding hydrogens is 370 g/mol. The van der Waals surface area contributed by atoms with Crippen LogP contribution in [-0.4, -0.2) is 45.8 Å². The smallest absolute Gasteiger partial charge is 0.230 e. The molecule has 29 heavy (non-hydrogen) atoms. The molecule has 0 aromatic heterocycles. The lowest BCUT2D eigenvalue weighted by atomic mass is 9.86. The highest BCUT2D eigenvalue weighted by Crippen LogP contribution is 2.41. The molecule has 0 aliphatic carbocycles. The number of nitrogens with zero attached hydrogens (tertiary/aromatic N) is 1. The molecule has 2 aromatic carbocycles. The lowest BCUT2D eigenvalue weighted by Crippen LogP contribution is -2.40. The highest BCUT2D eigenvalue weighted by atomic mass is 16.5. The molecule has 1 unspecified atom stereocenters. The summed E-state index contributed by atoms with van der Waals surface area (Å²) in [4.78, 5) is 15.0. The van der Waals surface area contributed by atoms with Crippen molar-refractivity contribution in [3.63, 3.8) is 0 Å². The first-order valence-electron chi connectivity index (χ1n) is 9.81. The fourth-order valence-corrected chi connectivity index (χ4v) is 4.00. The number of methoxy groups -OCH3 is 4. The SMILES string of the molecule is CCC1C(=O)N(CCc2ccc(OC)c(OC)c2)Cc2c1ccc(OC)c2OC. The fraction of sp³-hybridized carbons (Fsp3) is 0.435. The van der Waals surface area contributed by atoms with E-state index in [0.29, 0.717) is 36.1 Å². The van der Waals surface area contributed by atoms with Gasteiger partial charge in [-0.2, -0.15) is 0 Å². The van der Waals surface area contributed by atoms with Crippen LogP contribution in [-0.2, 0) is 17.8 Å². The zero-order chi connectivity index (χ0) is 21.0. The van der Waals surface area contributed by atoms with E-state index in [2.05, 4.69) is 0 Å². The molecule has 1 amide bonds. The van der Waals surface area contributed by atoms with E-state index in [-0.39, 0.29) is 11.8 Å². The minimum Gasteiger partial charge on any atom is -0.493 e. The highest BCUT2D eigenvalue weighted by Gasteiger charge is 2.34. The Morgan fingerprint density at radius 1 is 0.931 bits per heavy atom. The number of benzene rings is 2. The summed E-state index contributed by atoms with van der Waals surface area (Å²) in [6, 6.07) is 9.73. The third-order valence-corrected chi connectivity index (χ3v) is 5.55. The first-order chi connectivity index (χ1) is 14.1. The van der Waals surface area contributed by atoms with Gasteiger partial charge in [-0.1, -0.05) is 19.1 Å². The molecule has 3 rings (SSSR count). The van der Waals surface area contributed by atoms with Crippen LogP contribution in [0.1, 0.15) is 36.0 Å². The summed E-state index contributed by atoms with van der Waals surface area (Å²) in [5, 5.41) is 0. The van der Waals surface area contributed by atoms with Crippen molar-refractivity contribution in [2.24, 2.45) is 0 Å². The summed E-state index contributed by atoms with van der Waals surface area (Å²) in [6.07, 6.45) is 1.47. The molecule has 1 heterocycles. The summed E-state index contributed by atoms with van der Waals surface area (Å²) in [6.45, 7) is 3.17. The van der Waals surface area contributed by atoms with Gasteiger partial charge in [0, 0.05) is 18.7 Å². The number of hydrogen-bond acceptors (Lipinski definition) is 5. The van der Waals surface area contributed by atoms with Gasteiger partial charge in [0.15, 0.2) is 23.0 Å². The monoisotopic (exact) mass is 399 g/mol. The fourth-order valence-electron chi connectivity index (χ4n) is 4.00. The molecule has 0 bridgehead atoms. The van der Waals surface area contributed by atoms with Crippen LogP contribution in [0.25, 0.3) is 0 Å². The minimum absolute atomic E-state index is 0.160. The van der Waals surface area contributed by atoms with Gasteiger partial charge in [-0.3, -0.25) is 4.79 Å². The van der Waals surface area contributed by atoms with Gasteiger partial charge in [0.25, 0.3) is 0 Å². The zero-order valence-corrected chi connectivity index (χ0v) is 17.8. The van der Waals surface area contributed by atoms with Gasteiger partial charge in [0.2, 0.25) is 5.91 Å². The molecule has 2 aromatic rings. The lowest BCUT2D eigenvalue weighted by molar-refractivity contribution is -0.134. The van der Waals surface area contributed by atoms with Gasteiger partial charge < -0.3 is 23.8 Å². The zero-order valence-electron chi connectivity index (χ0n) is 17.8. The van der Waals surface area contributed by atoms with Crippen molar-refractivity contribution < 1.29 is 23.7 Å². The molecule has 1 aliphatic heterocycles. The maximum atomic E-state index is 13.1. The van der Waals surface area contributed by atoms with E-state index in [0.717, 1.165) is 29.5 Å². The lowest BCUT2D eigenvalue weighted by Gasteiger charge is -2.35. The van der Waals surface area contributed by atoms with Gasteiger partial charge in [-0.15, -0.1) is 0 Å². The predicted octanol–water partition coefficient (Wildman–Crippen LogP) is 3.80. The molecule has 0 fully saturated rings. The molecule has 156 valence electrons. The van der Waals surface area contributed by atoms with Crippen LogP contribution in [0.5, 0.6) is 23.0 Å². The molecule has 0 saturated carbocycles. The molecule has 0 saturated heterocycles. The number of ether oxygens (including phenoxy) is 4. The van der Waals surface area contributed by atoms with E-state index < -0.39 is 0 Å². The predicted molar refractivity (Wildman–Crippen MR) is 111 cm³/mol. The average molecular weight is 399 g/mol. The largest absolute Gasteiger partial charge is 0.493 e. The van der Waals surface area contributed by atoms with Crippen molar-refractivity contribution in [2.75, 3.05) is 35.0 Å². The Balaban J connectivity index is 1.85. The van der Waals surface area contributed by atoms with Gasteiger partial charge in [-0.25, -0.2) is 0 Å². The second kappa shape index (κ2) is 9.07. The number of rotatable bonds is 8. The number of amides is 1. The maximum absolute atomic E-state index is 13.1. The summed E-state index contributed by atoms with van der Waals surface area (Å²) < 4.78 is 21.8. The number of carbonyl (C=O) groups is 1. The molecule has 0 radical (unpaired) electrons. The quantitative estimate of drug-likeness (QED) is 0.676. The van der Waals surface area contributed by atoms with Crippen molar-refractivity contribution in [3.05, 3.63) is 47.0 Å². The van der Waals surface area contributed by atoms with Crippen LogP contribution >= 0.6 is 0 Å². The normalized spacial score (nSPS) is 15.7. The molecule has 6 nitrogen and oxygen atoms in total. The second-order valence-electron chi connectivity index (χ2n) is 7.03. The van der Waals surface area contributed by atoms with Crippen molar-refractivity contribution in [1.29, 1.82) is 0 Å². The Labute approximate surface area is 172 Å². The van der Waals surface area contributed by atoms with Crippen molar-refractivity contribution in [1.82, 2.24) is 4.90 Å². The summed E-state index contributed by atoms with van der Waals surface area (Å²) in [5.74, 6) is 2.79. The highest BCUT2D eigenvalue weighted by molar-refractivity contribution is 5.86. The third kappa shape index (κ3) is 3.97. The molecule has 1 atom stereocenters. The van der Waals surface area contributed by atoms with E-state index >= 15 is 0 Å². The van der Waals surface area contributed by atoms with Gasteiger partial charge in [0.05, 0.1) is 34.4 Å². The van der Waals surface area contributed by atoms with Crippen LogP contribution in [0.4, 0.5) is 0 Å². The first-order valence-corrected chi connectivity index (χ1v) is 9.81. The van der Waals surface area contributed by atoms with Gasteiger partial charge >= 0.3 is 0 Å². The van der Waals surface area contributed by atoms with Crippen molar-refractivity contribution in [3.8, 4) is 23.0 Å². The Morgan fingerprint density at radius 3 is 2.24 bits per heavy atom. The van der Waals surface area contributed by atoms with E-state index in [1.165, 1.54) is 0 Å². The van der Waals surface area contributed by atoms with Crippen molar-refractivity contribution in [2.45, 2.75) is 32.2 Å². The second-order valence-corrected chi connectivity index (χ2v) is 7.03. The van der Waals surface area contributed by atoms with Gasteiger partial charge in [0.1, 0.15) is 0 Å². The van der Waals surface area contributed by atoms with E-state index in [9.17, 15) is 4.79 Å². The number of carbonyl (C=O) groups excluding carboxylic acids is 1. The van der Waals surface area contributed by atoms with Gasteiger partial charge in [-0.05, 0) is 42.2 Å². The number of hydrogen-bond donors (Lipinski definition) is 0. The first kappa shape index (κ1) is 20.8. The van der Waals surface area contributed by atoms with E-state index in [1.54, 1.807) is 28.4 Å². The molecular formula is C23H29NO5. The molecule has 6 heteroatoms. The Hall–Kier alpha value is -2.89. The summed E-state index contributed by atoms with van der Waals surface area (Å²) in [7, 11) is 6.51. The van der Waals surface area contributed by atoms with Crippen molar-refractivity contribution >= 4 is 5.91 Å². The number of fused-ring (bicyclic) bond motifs is 1. The van der Waals surface area contributed by atoms with Crippen LogP contribution < -0.4 is 18.9 Å². The average Bonchev–Trinajstić information content (AvgIpc) is 2.76. The minimum atomic E-state index is -0.163. The summed E-state index contributed by atoms with van der Waals surface area (Å²) >= 11 is 0. The van der Waals surface area contributed by atoms with E-state index in [4.69, 9.17) is 18.9 Å². The van der Waals surface area contributed by atoms with Crippen LogP contribution in [0, 0.1) is 0 Å². The van der Waals surface area contributed by atoms with Crippen LogP contribution in [0.3, 0.4) is 0 Å². The third-order valence-electron chi connectivity index (χ3n) is 5.55. The Kier molecular flexibility index (Phi) is 6.52. The van der Waals surface area contributed by atoms with Crippen LogP contribution in [0.15, 0.2) is 30.3 Å². The molecule has 0 spiro atoms. The van der Waals surface area contributed by atoms with E-state index in [1.807, 2.05) is 42.2 Å². The Morgan fingerprint density at radius 2 is 1.62 bits per heavy atom. The maximum Gasteiger partial charge on any atom is 0.230 e. The standard InChI is InChI=1S/C23H29NO5/c1-6-16-17-8-10-20(27-3)22(29-5)18(17)14-24(23(16)25)12-11-15-7-9-19(26-2)21(13-15)28-4/h7-10,13,16H,6,11-12,14H2,1-5H3. The summed E-state index contributed by atoms with van der Waals surface area (Å²) in [5.41, 5.74) is 3.16. The molecule has 1 aliphatic rings. The topological polar surface area (TPSA) is 57.2 Å². The van der Waals surface area contributed by atoms with Crippen LogP contribution in [0.2, 0.25) is 0 Å². The molecule has 0 N–H and O–H groups in total.